The van der Waals surface area contributed by atoms with E-state index in [9.17, 15) is 9.59 Å². The maximum atomic E-state index is 11.6. The summed E-state index contributed by atoms with van der Waals surface area (Å²) in [5.41, 5.74) is 0. The maximum Gasteiger partial charge on any atom is 0.371 e. The van der Waals surface area contributed by atoms with E-state index in [1.54, 1.807) is 0 Å². The summed E-state index contributed by atoms with van der Waals surface area (Å²) < 4.78 is 5.02. The van der Waals surface area contributed by atoms with Crippen LogP contribution < -0.4 is 10.6 Å². The summed E-state index contributed by atoms with van der Waals surface area (Å²) in [6, 6.07) is 2.69. The van der Waals surface area contributed by atoms with Gasteiger partial charge in [0.15, 0.2) is 0 Å². The minimum atomic E-state index is -1.12. The summed E-state index contributed by atoms with van der Waals surface area (Å²) in [6.07, 6.45) is 0.900. The number of carboxylic acid groups (broad SMARTS) is 1. The lowest BCUT2D eigenvalue weighted by Crippen LogP contribution is -2.40. The van der Waals surface area contributed by atoms with Gasteiger partial charge in [-0.2, -0.15) is 0 Å². The summed E-state index contributed by atoms with van der Waals surface area (Å²) in [4.78, 5) is 22.2. The van der Waals surface area contributed by atoms with Gasteiger partial charge in [-0.15, -0.1) is 0 Å². The predicted octanol–water partition coefficient (Wildman–Crippen LogP) is 2.21. The Bertz CT molecular complexity index is 440. The Hall–Kier alpha value is -1.98. The molecule has 0 radical (unpaired) electrons. The van der Waals surface area contributed by atoms with Crippen LogP contribution in [0, 0.1) is 5.92 Å². The molecule has 1 heterocycles. The number of carboxylic acids is 1. The molecular weight excluding hydrogens is 248 g/mol. The summed E-state index contributed by atoms with van der Waals surface area (Å²) in [5, 5.41) is 14.1. The molecule has 0 fully saturated rings. The average molecular weight is 268 g/mol. The first-order chi connectivity index (χ1) is 8.88. The summed E-state index contributed by atoms with van der Waals surface area (Å²) in [6.45, 7) is 6.28. The van der Waals surface area contributed by atoms with Crippen molar-refractivity contribution >= 4 is 12.0 Å². The number of amides is 2. The van der Waals surface area contributed by atoms with Gasteiger partial charge in [0.1, 0.15) is 5.76 Å². The zero-order valence-electron chi connectivity index (χ0n) is 11.4. The highest BCUT2D eigenvalue weighted by Crippen LogP contribution is 2.07. The summed E-state index contributed by atoms with van der Waals surface area (Å²) in [5.74, 6) is -0.339. The third-order valence-corrected chi connectivity index (χ3v) is 2.50. The molecule has 3 N–H and O–H groups in total. The van der Waals surface area contributed by atoms with Gasteiger partial charge in [-0.1, -0.05) is 13.8 Å². The lowest BCUT2D eigenvalue weighted by molar-refractivity contribution is 0.0660. The minimum Gasteiger partial charge on any atom is -0.475 e. The molecule has 1 rings (SSSR count). The Balaban J connectivity index is 2.35. The van der Waals surface area contributed by atoms with Gasteiger partial charge in [-0.05, 0) is 31.4 Å². The van der Waals surface area contributed by atoms with E-state index in [1.165, 1.54) is 12.1 Å². The van der Waals surface area contributed by atoms with Crippen molar-refractivity contribution < 1.29 is 19.1 Å². The molecule has 0 aliphatic rings. The van der Waals surface area contributed by atoms with Crippen LogP contribution in [0.15, 0.2) is 16.5 Å². The Morgan fingerprint density at radius 3 is 2.53 bits per heavy atom. The molecule has 1 aromatic heterocycles. The van der Waals surface area contributed by atoms with E-state index >= 15 is 0 Å². The number of nitrogens with one attached hydrogen (secondary N) is 2. The highest BCUT2D eigenvalue weighted by atomic mass is 16.4. The number of aromatic carboxylic acids is 1. The largest absolute Gasteiger partial charge is 0.475 e. The first-order valence-corrected chi connectivity index (χ1v) is 6.25. The monoisotopic (exact) mass is 268 g/mol. The van der Waals surface area contributed by atoms with Crippen LogP contribution in [0.25, 0.3) is 0 Å². The number of carbonyl (C=O) groups is 2. The van der Waals surface area contributed by atoms with Gasteiger partial charge in [-0.3, -0.25) is 0 Å². The van der Waals surface area contributed by atoms with Gasteiger partial charge in [-0.25, -0.2) is 9.59 Å². The van der Waals surface area contributed by atoms with Gasteiger partial charge >= 0.3 is 12.0 Å². The Morgan fingerprint density at radius 1 is 1.32 bits per heavy atom. The quantitative estimate of drug-likeness (QED) is 0.737. The van der Waals surface area contributed by atoms with Crippen molar-refractivity contribution in [2.75, 3.05) is 0 Å². The van der Waals surface area contributed by atoms with Gasteiger partial charge in [0, 0.05) is 6.04 Å². The Labute approximate surface area is 112 Å². The molecule has 2 amide bonds. The van der Waals surface area contributed by atoms with Crippen molar-refractivity contribution in [1.29, 1.82) is 0 Å². The predicted molar refractivity (Wildman–Crippen MR) is 70.0 cm³/mol. The molecule has 0 bridgehead atoms. The second-order valence-corrected chi connectivity index (χ2v) is 4.93. The number of furan rings is 1. The van der Waals surface area contributed by atoms with Gasteiger partial charge < -0.3 is 20.2 Å². The van der Waals surface area contributed by atoms with Gasteiger partial charge in [0.2, 0.25) is 5.76 Å². The molecule has 106 valence electrons. The normalized spacial score (nSPS) is 12.2. The fourth-order valence-electron chi connectivity index (χ4n) is 1.80. The molecular formula is C13H20N2O4. The summed E-state index contributed by atoms with van der Waals surface area (Å²) >= 11 is 0. The van der Waals surface area contributed by atoms with Crippen molar-refractivity contribution in [3.63, 3.8) is 0 Å². The van der Waals surface area contributed by atoms with Crippen LogP contribution in [0.3, 0.4) is 0 Å². The van der Waals surface area contributed by atoms with Crippen LogP contribution in [0.5, 0.6) is 0 Å². The summed E-state index contributed by atoms with van der Waals surface area (Å²) in [7, 11) is 0. The van der Waals surface area contributed by atoms with Crippen LogP contribution in [0.1, 0.15) is 43.5 Å². The molecule has 1 unspecified atom stereocenters. The zero-order valence-corrected chi connectivity index (χ0v) is 11.4. The fourth-order valence-corrected chi connectivity index (χ4v) is 1.80. The topological polar surface area (TPSA) is 91.6 Å². The van der Waals surface area contributed by atoms with Crippen molar-refractivity contribution in [3.05, 3.63) is 23.7 Å². The van der Waals surface area contributed by atoms with Crippen molar-refractivity contribution in [2.24, 2.45) is 5.92 Å². The van der Waals surface area contributed by atoms with Crippen LogP contribution in [0.4, 0.5) is 4.79 Å². The number of hydrogen-bond acceptors (Lipinski definition) is 3. The number of rotatable bonds is 6. The average Bonchev–Trinajstić information content (AvgIpc) is 2.73. The van der Waals surface area contributed by atoms with Crippen LogP contribution in [-0.4, -0.2) is 23.1 Å². The molecule has 0 saturated carbocycles. The van der Waals surface area contributed by atoms with E-state index < -0.39 is 5.97 Å². The zero-order chi connectivity index (χ0) is 14.4. The second kappa shape index (κ2) is 6.82. The first kappa shape index (κ1) is 15.1. The molecule has 19 heavy (non-hydrogen) atoms. The fraction of sp³-hybridized carbons (Fsp3) is 0.538. The molecule has 6 heteroatoms. The third kappa shape index (κ3) is 5.46. The van der Waals surface area contributed by atoms with Gasteiger partial charge in [0.25, 0.3) is 0 Å². The van der Waals surface area contributed by atoms with Crippen LogP contribution in [-0.2, 0) is 6.54 Å². The molecule has 0 saturated heterocycles. The smallest absolute Gasteiger partial charge is 0.371 e. The van der Waals surface area contributed by atoms with Crippen LogP contribution >= 0.6 is 0 Å². The van der Waals surface area contributed by atoms with E-state index in [4.69, 9.17) is 9.52 Å². The minimum absolute atomic E-state index is 0.0891. The van der Waals surface area contributed by atoms with Crippen molar-refractivity contribution in [1.82, 2.24) is 10.6 Å². The molecule has 6 nitrogen and oxygen atoms in total. The molecule has 0 aliphatic heterocycles. The Morgan fingerprint density at radius 2 is 2.00 bits per heavy atom. The standard InChI is InChI=1S/C13H20N2O4/c1-8(2)6-9(3)15-13(18)14-7-10-4-5-11(19-10)12(16)17/h4-5,8-9H,6-7H2,1-3H3,(H,16,17)(H2,14,15,18). The van der Waals surface area contributed by atoms with E-state index in [0.717, 1.165) is 6.42 Å². The van der Waals surface area contributed by atoms with E-state index in [-0.39, 0.29) is 24.4 Å². The highest BCUT2D eigenvalue weighted by molar-refractivity contribution is 5.84. The van der Waals surface area contributed by atoms with Crippen molar-refractivity contribution in [2.45, 2.75) is 39.8 Å². The lowest BCUT2D eigenvalue weighted by atomic mass is 10.1. The number of urea groups is 1. The number of hydrogen-bond donors (Lipinski definition) is 3. The maximum absolute atomic E-state index is 11.6. The molecule has 0 spiro atoms. The van der Waals surface area contributed by atoms with E-state index in [2.05, 4.69) is 24.5 Å². The first-order valence-electron chi connectivity index (χ1n) is 6.25. The Kier molecular flexibility index (Phi) is 5.41. The third-order valence-electron chi connectivity index (χ3n) is 2.50. The van der Waals surface area contributed by atoms with E-state index in [0.29, 0.717) is 11.7 Å². The number of carbonyl (C=O) groups excluding carboxylic acids is 1. The molecule has 1 atom stereocenters. The van der Waals surface area contributed by atoms with E-state index in [1.807, 2.05) is 6.92 Å². The second-order valence-electron chi connectivity index (χ2n) is 4.93. The SMILES string of the molecule is CC(C)CC(C)NC(=O)NCc1ccc(C(=O)O)o1. The lowest BCUT2D eigenvalue weighted by Gasteiger charge is -2.16. The van der Waals surface area contributed by atoms with Gasteiger partial charge in [0.05, 0.1) is 6.54 Å². The molecule has 0 aromatic carbocycles. The van der Waals surface area contributed by atoms with Crippen molar-refractivity contribution in [3.8, 4) is 0 Å². The van der Waals surface area contributed by atoms with Crippen LogP contribution in [0.2, 0.25) is 0 Å². The highest BCUT2D eigenvalue weighted by Gasteiger charge is 2.11. The molecule has 0 aliphatic carbocycles. The molecule has 1 aromatic rings.